The van der Waals surface area contributed by atoms with Gasteiger partial charge in [0.2, 0.25) is 0 Å². The van der Waals surface area contributed by atoms with Crippen LogP contribution in [0.3, 0.4) is 0 Å². The molecule has 0 fully saturated rings. The van der Waals surface area contributed by atoms with Gasteiger partial charge in [-0.25, -0.2) is 18.4 Å². The minimum absolute atomic E-state index is 0.147. The zero-order valence-corrected chi connectivity index (χ0v) is 16.0. The first-order valence-corrected chi connectivity index (χ1v) is 10.5. The Morgan fingerprint density at radius 3 is 2.58 bits per heavy atom. The van der Waals surface area contributed by atoms with E-state index in [1.165, 1.54) is 0 Å². The zero-order chi connectivity index (χ0) is 18.7. The second-order valence-corrected chi connectivity index (χ2v) is 8.51. The maximum atomic E-state index is 12.4. The van der Waals surface area contributed by atoms with E-state index in [-0.39, 0.29) is 5.75 Å². The molecular formula is C19H24N4O2S. The SMILES string of the molecule is CCc1nc2c(N)ncc(C)c2n1CCCCS(=O)(=O)c1ccccc1. The van der Waals surface area contributed by atoms with Crippen molar-refractivity contribution in [3.05, 3.63) is 47.9 Å². The van der Waals surface area contributed by atoms with Gasteiger partial charge < -0.3 is 10.3 Å². The van der Waals surface area contributed by atoms with Crippen LogP contribution in [0.4, 0.5) is 5.82 Å². The van der Waals surface area contributed by atoms with Gasteiger partial charge in [0.15, 0.2) is 15.7 Å². The number of aromatic nitrogens is 3. The van der Waals surface area contributed by atoms with Gasteiger partial charge in [-0.1, -0.05) is 25.1 Å². The zero-order valence-electron chi connectivity index (χ0n) is 15.1. The summed E-state index contributed by atoms with van der Waals surface area (Å²) in [6.45, 7) is 4.76. The lowest BCUT2D eigenvalue weighted by Gasteiger charge is -2.10. The normalized spacial score (nSPS) is 11.9. The maximum absolute atomic E-state index is 12.4. The molecule has 0 aliphatic rings. The molecule has 26 heavy (non-hydrogen) atoms. The highest BCUT2D eigenvalue weighted by molar-refractivity contribution is 7.91. The van der Waals surface area contributed by atoms with Crippen molar-refractivity contribution in [3.63, 3.8) is 0 Å². The Hall–Kier alpha value is -2.41. The topological polar surface area (TPSA) is 90.9 Å². The molecule has 2 N–H and O–H groups in total. The fourth-order valence-corrected chi connectivity index (χ4v) is 4.58. The van der Waals surface area contributed by atoms with Crippen LogP contribution < -0.4 is 5.73 Å². The first-order valence-electron chi connectivity index (χ1n) is 8.82. The van der Waals surface area contributed by atoms with E-state index in [9.17, 15) is 8.42 Å². The van der Waals surface area contributed by atoms with Crippen molar-refractivity contribution in [2.24, 2.45) is 0 Å². The van der Waals surface area contributed by atoms with Crippen molar-refractivity contribution >= 4 is 26.7 Å². The van der Waals surface area contributed by atoms with Crippen molar-refractivity contribution in [1.29, 1.82) is 0 Å². The van der Waals surface area contributed by atoms with E-state index in [2.05, 4.69) is 21.5 Å². The second kappa shape index (κ2) is 7.45. The number of nitrogens with zero attached hydrogens (tertiary/aromatic N) is 3. The van der Waals surface area contributed by atoms with Crippen molar-refractivity contribution in [2.75, 3.05) is 11.5 Å². The number of anilines is 1. The van der Waals surface area contributed by atoms with Crippen molar-refractivity contribution in [2.45, 2.75) is 44.6 Å². The van der Waals surface area contributed by atoms with Gasteiger partial charge in [0.25, 0.3) is 0 Å². The van der Waals surface area contributed by atoms with Crippen molar-refractivity contribution in [3.8, 4) is 0 Å². The van der Waals surface area contributed by atoms with Crippen LogP contribution in [0.5, 0.6) is 0 Å². The van der Waals surface area contributed by atoms with Gasteiger partial charge in [-0.15, -0.1) is 0 Å². The van der Waals surface area contributed by atoms with Crippen LogP contribution in [0.15, 0.2) is 41.4 Å². The lowest BCUT2D eigenvalue weighted by molar-refractivity contribution is 0.581. The van der Waals surface area contributed by atoms with Crippen LogP contribution in [0.2, 0.25) is 0 Å². The lowest BCUT2D eigenvalue weighted by atomic mass is 10.2. The van der Waals surface area contributed by atoms with Gasteiger partial charge in [-0.3, -0.25) is 0 Å². The predicted molar refractivity (Wildman–Crippen MR) is 104 cm³/mol. The number of benzene rings is 1. The van der Waals surface area contributed by atoms with E-state index in [0.717, 1.165) is 35.3 Å². The molecule has 2 aromatic heterocycles. The third-order valence-corrected chi connectivity index (χ3v) is 6.34. The molecule has 0 saturated heterocycles. The van der Waals surface area contributed by atoms with E-state index >= 15 is 0 Å². The van der Waals surface area contributed by atoms with Crippen LogP contribution in [-0.4, -0.2) is 28.7 Å². The summed E-state index contributed by atoms with van der Waals surface area (Å²) in [5.74, 6) is 1.53. The van der Waals surface area contributed by atoms with Gasteiger partial charge in [0, 0.05) is 19.2 Å². The molecule has 0 saturated carbocycles. The average Bonchev–Trinajstić information content (AvgIpc) is 3.02. The Labute approximate surface area is 154 Å². The summed E-state index contributed by atoms with van der Waals surface area (Å²) in [7, 11) is -3.23. The van der Waals surface area contributed by atoms with Gasteiger partial charge >= 0.3 is 0 Å². The number of rotatable bonds is 7. The van der Waals surface area contributed by atoms with Crippen LogP contribution >= 0.6 is 0 Å². The summed E-state index contributed by atoms with van der Waals surface area (Å²) in [5, 5.41) is 0. The molecule has 138 valence electrons. The van der Waals surface area contributed by atoms with Crippen LogP contribution in [0.25, 0.3) is 11.0 Å². The smallest absolute Gasteiger partial charge is 0.178 e. The highest BCUT2D eigenvalue weighted by Gasteiger charge is 2.16. The van der Waals surface area contributed by atoms with Crippen molar-refractivity contribution < 1.29 is 8.42 Å². The summed E-state index contributed by atoms with van der Waals surface area (Å²) in [5.41, 5.74) is 8.73. The van der Waals surface area contributed by atoms with E-state index in [0.29, 0.717) is 23.7 Å². The average molecular weight is 372 g/mol. The number of sulfone groups is 1. The Balaban J connectivity index is 1.74. The molecule has 6 nitrogen and oxygen atoms in total. The molecule has 0 radical (unpaired) electrons. The maximum Gasteiger partial charge on any atom is 0.178 e. The number of aryl methyl sites for hydroxylation is 3. The number of hydrogen-bond acceptors (Lipinski definition) is 5. The minimum atomic E-state index is -3.23. The standard InChI is InChI=1S/C19H24N4O2S/c1-3-16-22-17-18(14(2)13-21-19(17)20)23(16)11-7-8-12-26(24,25)15-9-5-4-6-10-15/h4-6,9-10,13H,3,7-8,11-12H2,1-2H3,(H2,20,21). The molecule has 0 atom stereocenters. The molecule has 0 aliphatic heterocycles. The fourth-order valence-electron chi connectivity index (χ4n) is 3.18. The molecule has 0 unspecified atom stereocenters. The number of unbranched alkanes of at least 4 members (excludes halogenated alkanes) is 1. The number of nitrogen functional groups attached to an aromatic ring is 1. The fraction of sp³-hybridized carbons (Fsp3) is 0.368. The molecule has 0 spiro atoms. The molecule has 7 heteroatoms. The van der Waals surface area contributed by atoms with Gasteiger partial charge in [-0.2, -0.15) is 0 Å². The highest BCUT2D eigenvalue weighted by Crippen LogP contribution is 2.24. The largest absolute Gasteiger partial charge is 0.382 e. The molecule has 3 rings (SSSR count). The van der Waals surface area contributed by atoms with E-state index in [1.807, 2.05) is 13.0 Å². The summed E-state index contributed by atoms with van der Waals surface area (Å²) in [4.78, 5) is 9.19. The first kappa shape index (κ1) is 18.4. The third kappa shape index (κ3) is 3.58. The van der Waals surface area contributed by atoms with Crippen LogP contribution in [-0.2, 0) is 22.8 Å². The lowest BCUT2D eigenvalue weighted by Crippen LogP contribution is -2.09. The van der Waals surface area contributed by atoms with E-state index < -0.39 is 9.84 Å². The number of nitrogens with two attached hydrogens (primary N) is 1. The second-order valence-electron chi connectivity index (χ2n) is 6.40. The molecule has 2 heterocycles. The van der Waals surface area contributed by atoms with Gasteiger partial charge in [0.1, 0.15) is 11.3 Å². The van der Waals surface area contributed by atoms with Crippen LogP contribution in [0.1, 0.15) is 31.2 Å². The first-order chi connectivity index (χ1) is 12.4. The third-order valence-electron chi connectivity index (χ3n) is 4.52. The highest BCUT2D eigenvalue weighted by atomic mass is 32.2. The number of imidazole rings is 1. The van der Waals surface area contributed by atoms with Crippen molar-refractivity contribution in [1.82, 2.24) is 14.5 Å². The molecule has 1 aromatic carbocycles. The Morgan fingerprint density at radius 1 is 1.15 bits per heavy atom. The van der Waals surface area contributed by atoms with Gasteiger partial charge in [0.05, 0.1) is 16.2 Å². The number of fused-ring (bicyclic) bond motifs is 1. The summed E-state index contributed by atoms with van der Waals surface area (Å²) in [6, 6.07) is 8.61. The van der Waals surface area contributed by atoms with E-state index in [1.54, 1.807) is 30.5 Å². The van der Waals surface area contributed by atoms with Crippen LogP contribution in [0, 0.1) is 6.92 Å². The monoisotopic (exact) mass is 372 g/mol. The Bertz CT molecular complexity index is 1010. The summed E-state index contributed by atoms with van der Waals surface area (Å²) >= 11 is 0. The summed E-state index contributed by atoms with van der Waals surface area (Å²) < 4.78 is 26.9. The van der Waals surface area contributed by atoms with E-state index in [4.69, 9.17) is 5.73 Å². The predicted octanol–water partition coefficient (Wildman–Crippen LogP) is 3.14. The number of pyridine rings is 1. The molecular weight excluding hydrogens is 348 g/mol. The molecule has 0 aliphatic carbocycles. The molecule has 0 bridgehead atoms. The number of hydrogen-bond donors (Lipinski definition) is 1. The molecule has 3 aromatic rings. The summed E-state index contributed by atoms with van der Waals surface area (Å²) in [6.07, 6.45) is 3.90. The van der Waals surface area contributed by atoms with Gasteiger partial charge in [-0.05, 0) is 37.5 Å². The quantitative estimate of drug-likeness (QED) is 0.643. The Morgan fingerprint density at radius 2 is 1.88 bits per heavy atom. The molecule has 0 amide bonds. The minimum Gasteiger partial charge on any atom is -0.382 e. The Kier molecular flexibility index (Phi) is 5.27.